The lowest BCUT2D eigenvalue weighted by Gasteiger charge is -2.13. The van der Waals surface area contributed by atoms with Gasteiger partial charge in [-0.05, 0) is 35.8 Å². The fourth-order valence-corrected chi connectivity index (χ4v) is 3.60. The summed E-state index contributed by atoms with van der Waals surface area (Å²) < 4.78 is 0. The average molecular weight is 278 g/mol. The zero-order valence-corrected chi connectivity index (χ0v) is 11.3. The summed E-state index contributed by atoms with van der Waals surface area (Å²) in [5.74, 6) is 1.18. The zero-order chi connectivity index (χ0) is 14.4. The Morgan fingerprint density at radius 2 is 2.29 bits per heavy atom. The van der Waals surface area contributed by atoms with Gasteiger partial charge >= 0.3 is 0 Å². The fraction of sp³-hybridized carbons (Fsp3) is 0.312. The molecule has 1 amide bonds. The number of hydrogen-bond donors (Lipinski definition) is 2. The molecule has 0 spiro atoms. The SMILES string of the molecule is N#Cc1cn[nH]c1NC(=O)C1C2CCc3ccccc3C21. The van der Waals surface area contributed by atoms with Crippen molar-refractivity contribution in [1.82, 2.24) is 10.2 Å². The van der Waals surface area contributed by atoms with E-state index in [0.717, 1.165) is 12.8 Å². The Bertz CT molecular complexity index is 758. The number of aromatic nitrogens is 2. The van der Waals surface area contributed by atoms with Gasteiger partial charge in [0.25, 0.3) is 0 Å². The summed E-state index contributed by atoms with van der Waals surface area (Å²) >= 11 is 0. The number of nitrogens with one attached hydrogen (secondary N) is 2. The lowest BCUT2D eigenvalue weighted by Crippen LogP contribution is -2.16. The molecule has 1 saturated carbocycles. The lowest BCUT2D eigenvalue weighted by atomic mass is 9.92. The summed E-state index contributed by atoms with van der Waals surface area (Å²) in [7, 11) is 0. The second-order valence-electron chi connectivity index (χ2n) is 5.71. The number of nitriles is 1. The van der Waals surface area contributed by atoms with Crippen LogP contribution < -0.4 is 5.32 Å². The molecule has 2 N–H and O–H groups in total. The summed E-state index contributed by atoms with van der Waals surface area (Å²) in [6.45, 7) is 0. The molecule has 5 heteroatoms. The van der Waals surface area contributed by atoms with Gasteiger partial charge in [-0.2, -0.15) is 10.4 Å². The Kier molecular flexibility index (Phi) is 2.58. The van der Waals surface area contributed by atoms with E-state index in [9.17, 15) is 4.79 Å². The highest BCUT2D eigenvalue weighted by molar-refractivity contribution is 5.96. The largest absolute Gasteiger partial charge is 0.310 e. The number of aryl methyl sites for hydroxylation is 1. The second-order valence-corrected chi connectivity index (χ2v) is 5.71. The van der Waals surface area contributed by atoms with Gasteiger partial charge < -0.3 is 5.32 Å². The van der Waals surface area contributed by atoms with Crippen LogP contribution >= 0.6 is 0 Å². The van der Waals surface area contributed by atoms with Gasteiger partial charge in [0.05, 0.1) is 6.20 Å². The minimum atomic E-state index is -0.0116. The van der Waals surface area contributed by atoms with Crippen LogP contribution in [0.4, 0.5) is 5.82 Å². The molecule has 2 aromatic rings. The molecule has 5 nitrogen and oxygen atoms in total. The number of hydrogen-bond acceptors (Lipinski definition) is 3. The van der Waals surface area contributed by atoms with Gasteiger partial charge in [-0.25, -0.2) is 0 Å². The first-order valence-electron chi connectivity index (χ1n) is 7.11. The Hall–Kier alpha value is -2.61. The van der Waals surface area contributed by atoms with Crippen molar-refractivity contribution < 1.29 is 4.79 Å². The minimum absolute atomic E-state index is 0.0116. The van der Waals surface area contributed by atoms with Crippen molar-refractivity contribution >= 4 is 11.7 Å². The number of amides is 1. The molecular weight excluding hydrogens is 264 g/mol. The molecule has 1 fully saturated rings. The Morgan fingerprint density at radius 1 is 1.43 bits per heavy atom. The first-order valence-corrected chi connectivity index (χ1v) is 7.11. The average Bonchev–Trinajstić information content (AvgIpc) is 3.11. The Labute approximate surface area is 122 Å². The van der Waals surface area contributed by atoms with Crippen LogP contribution in [-0.4, -0.2) is 16.1 Å². The zero-order valence-electron chi connectivity index (χ0n) is 11.3. The summed E-state index contributed by atoms with van der Waals surface area (Å²) in [6.07, 6.45) is 3.54. The van der Waals surface area contributed by atoms with Gasteiger partial charge in [-0.1, -0.05) is 24.3 Å². The van der Waals surface area contributed by atoms with Gasteiger partial charge in [-0.15, -0.1) is 0 Å². The third kappa shape index (κ3) is 1.83. The molecule has 3 atom stereocenters. The fourth-order valence-electron chi connectivity index (χ4n) is 3.60. The van der Waals surface area contributed by atoms with Crippen molar-refractivity contribution in [3.63, 3.8) is 0 Å². The predicted octanol–water partition coefficient (Wildman–Crippen LogP) is 2.20. The molecule has 0 radical (unpaired) electrons. The van der Waals surface area contributed by atoms with Crippen LogP contribution in [0.3, 0.4) is 0 Å². The molecule has 1 heterocycles. The maximum absolute atomic E-state index is 12.4. The van der Waals surface area contributed by atoms with Crippen molar-refractivity contribution in [2.24, 2.45) is 11.8 Å². The number of aromatic amines is 1. The number of benzene rings is 1. The van der Waals surface area contributed by atoms with Gasteiger partial charge in [0.15, 0.2) is 0 Å². The van der Waals surface area contributed by atoms with Crippen LogP contribution in [0.15, 0.2) is 30.5 Å². The van der Waals surface area contributed by atoms with Crippen LogP contribution in [-0.2, 0) is 11.2 Å². The topological polar surface area (TPSA) is 81.6 Å². The van der Waals surface area contributed by atoms with E-state index in [1.807, 2.05) is 12.1 Å². The number of fused-ring (bicyclic) bond motifs is 3. The minimum Gasteiger partial charge on any atom is -0.310 e. The molecule has 2 aliphatic rings. The van der Waals surface area contributed by atoms with Crippen molar-refractivity contribution in [1.29, 1.82) is 5.26 Å². The van der Waals surface area contributed by atoms with E-state index in [2.05, 4.69) is 33.7 Å². The maximum atomic E-state index is 12.4. The number of H-pyrrole nitrogens is 1. The summed E-state index contributed by atoms with van der Waals surface area (Å²) in [5, 5.41) is 18.2. The number of rotatable bonds is 2. The number of nitrogens with zero attached hydrogens (tertiary/aromatic N) is 2. The van der Waals surface area contributed by atoms with Gasteiger partial charge in [0, 0.05) is 5.92 Å². The quantitative estimate of drug-likeness (QED) is 0.883. The van der Waals surface area contributed by atoms with Crippen LogP contribution in [0.2, 0.25) is 0 Å². The second kappa shape index (κ2) is 4.45. The molecule has 3 unspecified atom stereocenters. The van der Waals surface area contributed by atoms with E-state index < -0.39 is 0 Å². The molecule has 1 aromatic heterocycles. The highest BCUT2D eigenvalue weighted by Crippen LogP contribution is 2.60. The molecule has 104 valence electrons. The Morgan fingerprint density at radius 3 is 3.14 bits per heavy atom. The van der Waals surface area contributed by atoms with Crippen molar-refractivity contribution in [3.8, 4) is 6.07 Å². The molecule has 21 heavy (non-hydrogen) atoms. The van der Waals surface area contributed by atoms with E-state index in [1.165, 1.54) is 17.3 Å². The van der Waals surface area contributed by atoms with E-state index in [1.54, 1.807) is 0 Å². The van der Waals surface area contributed by atoms with E-state index in [-0.39, 0.29) is 11.8 Å². The summed E-state index contributed by atoms with van der Waals surface area (Å²) in [5.41, 5.74) is 3.06. The van der Waals surface area contributed by atoms with Crippen molar-refractivity contribution in [2.75, 3.05) is 5.32 Å². The molecule has 0 bridgehead atoms. The molecular formula is C16H14N4O. The van der Waals surface area contributed by atoms with Crippen molar-refractivity contribution in [2.45, 2.75) is 18.8 Å². The van der Waals surface area contributed by atoms with Gasteiger partial charge in [-0.3, -0.25) is 9.89 Å². The van der Waals surface area contributed by atoms with Gasteiger partial charge in [0.2, 0.25) is 5.91 Å². The number of carbonyl (C=O) groups excluding carboxylic acids is 1. The molecule has 2 aliphatic carbocycles. The lowest BCUT2D eigenvalue weighted by molar-refractivity contribution is -0.117. The highest BCUT2D eigenvalue weighted by atomic mass is 16.2. The third-order valence-electron chi connectivity index (χ3n) is 4.64. The summed E-state index contributed by atoms with van der Waals surface area (Å²) in [6, 6.07) is 10.4. The predicted molar refractivity (Wildman–Crippen MR) is 76.4 cm³/mol. The maximum Gasteiger partial charge on any atom is 0.229 e. The molecule has 1 aromatic carbocycles. The van der Waals surface area contributed by atoms with Crippen LogP contribution in [0.25, 0.3) is 0 Å². The molecule has 0 aliphatic heterocycles. The first kappa shape index (κ1) is 12.2. The third-order valence-corrected chi connectivity index (χ3v) is 4.64. The van der Waals surface area contributed by atoms with Crippen LogP contribution in [0, 0.1) is 23.2 Å². The van der Waals surface area contributed by atoms with E-state index in [4.69, 9.17) is 5.26 Å². The monoisotopic (exact) mass is 278 g/mol. The van der Waals surface area contributed by atoms with E-state index in [0.29, 0.717) is 23.2 Å². The normalized spacial score (nSPS) is 25.4. The standard InChI is InChI=1S/C16H14N4O/c17-7-10-8-18-20-15(10)19-16(21)14-12-6-5-9-3-1-2-4-11(9)13(12)14/h1-4,8,12-14H,5-6H2,(H2,18,19,20,21). The van der Waals surface area contributed by atoms with Crippen molar-refractivity contribution in [3.05, 3.63) is 47.2 Å². The number of carbonyl (C=O) groups is 1. The molecule has 0 saturated heterocycles. The molecule has 4 rings (SSSR count). The van der Waals surface area contributed by atoms with Crippen LogP contribution in [0.1, 0.15) is 29.0 Å². The summed E-state index contributed by atoms with van der Waals surface area (Å²) in [4.78, 5) is 12.4. The van der Waals surface area contributed by atoms with E-state index >= 15 is 0 Å². The highest BCUT2D eigenvalue weighted by Gasteiger charge is 2.57. The first-order chi connectivity index (χ1) is 10.3. The Balaban J connectivity index is 1.55. The number of anilines is 1. The van der Waals surface area contributed by atoms with Gasteiger partial charge in [0.1, 0.15) is 17.5 Å². The smallest absolute Gasteiger partial charge is 0.229 e. The van der Waals surface area contributed by atoms with Crippen LogP contribution in [0.5, 0.6) is 0 Å².